The molecule has 0 saturated carbocycles. The minimum absolute atomic E-state index is 0.123. The number of halogens is 1. The molecule has 32 heavy (non-hydrogen) atoms. The molecule has 0 radical (unpaired) electrons. The Morgan fingerprint density at radius 1 is 0.969 bits per heavy atom. The average molecular weight is 465 g/mol. The normalized spacial score (nSPS) is 11.8. The van der Waals surface area contributed by atoms with Crippen LogP contribution in [0.2, 0.25) is 0 Å². The lowest BCUT2D eigenvalue weighted by atomic mass is 10.2. The van der Waals surface area contributed by atoms with Gasteiger partial charge in [-0.1, -0.05) is 42.1 Å². The number of nitrogens with zero attached hydrogens (tertiary/aromatic N) is 3. The van der Waals surface area contributed by atoms with Crippen LogP contribution in [0.1, 0.15) is 6.92 Å². The van der Waals surface area contributed by atoms with E-state index in [0.29, 0.717) is 11.0 Å². The Labute approximate surface area is 194 Å². The molecule has 8 heteroatoms. The van der Waals surface area contributed by atoms with Gasteiger partial charge >= 0.3 is 0 Å². The summed E-state index contributed by atoms with van der Waals surface area (Å²) >= 11 is 2.90. The quantitative estimate of drug-likeness (QED) is 0.344. The predicted molar refractivity (Wildman–Crippen MR) is 129 cm³/mol. The number of para-hydroxylation sites is 2. The van der Waals surface area contributed by atoms with Crippen molar-refractivity contribution in [1.82, 2.24) is 14.8 Å². The van der Waals surface area contributed by atoms with Gasteiger partial charge in [0.2, 0.25) is 5.91 Å². The molecule has 3 aromatic carbocycles. The summed E-state index contributed by atoms with van der Waals surface area (Å²) in [5, 5.41) is 11.9. The van der Waals surface area contributed by atoms with Crippen LogP contribution in [-0.4, -0.2) is 32.2 Å². The van der Waals surface area contributed by atoms with Gasteiger partial charge in [-0.2, -0.15) is 0 Å². The van der Waals surface area contributed by atoms with Crippen LogP contribution in [0, 0.1) is 5.82 Å². The Balaban J connectivity index is 1.63. The molecule has 1 aromatic heterocycles. The molecule has 0 aliphatic carbocycles. The van der Waals surface area contributed by atoms with Gasteiger partial charge in [-0.3, -0.25) is 9.36 Å². The molecule has 0 aliphatic heterocycles. The fraction of sp³-hybridized carbons (Fsp3) is 0.125. The Kier molecular flexibility index (Phi) is 6.92. The number of hydrogen-bond donors (Lipinski definition) is 1. The van der Waals surface area contributed by atoms with E-state index in [2.05, 4.69) is 15.5 Å². The van der Waals surface area contributed by atoms with Crippen LogP contribution in [0.5, 0.6) is 0 Å². The maximum absolute atomic E-state index is 13.4. The third kappa shape index (κ3) is 4.87. The highest BCUT2D eigenvalue weighted by Gasteiger charge is 2.22. The van der Waals surface area contributed by atoms with Crippen molar-refractivity contribution in [2.24, 2.45) is 0 Å². The molecule has 0 saturated heterocycles. The maximum Gasteiger partial charge on any atom is 0.237 e. The zero-order valence-corrected chi connectivity index (χ0v) is 19.2. The molecule has 5 nitrogen and oxygen atoms in total. The van der Waals surface area contributed by atoms with Gasteiger partial charge in [0, 0.05) is 16.1 Å². The summed E-state index contributed by atoms with van der Waals surface area (Å²) in [6.07, 6.45) is 1.97. The van der Waals surface area contributed by atoms with Crippen molar-refractivity contribution >= 4 is 35.1 Å². The number of carbonyl (C=O) groups excluding carboxylic acids is 1. The Morgan fingerprint density at radius 3 is 2.38 bits per heavy atom. The van der Waals surface area contributed by atoms with Crippen LogP contribution in [0.15, 0.2) is 88.9 Å². The first-order chi connectivity index (χ1) is 15.6. The number of carbonyl (C=O) groups is 1. The molecule has 0 fully saturated rings. The first kappa shape index (κ1) is 22.1. The number of amides is 1. The van der Waals surface area contributed by atoms with Gasteiger partial charge < -0.3 is 5.32 Å². The molecule has 0 spiro atoms. The van der Waals surface area contributed by atoms with Crippen LogP contribution in [-0.2, 0) is 4.79 Å². The smallest absolute Gasteiger partial charge is 0.237 e. The van der Waals surface area contributed by atoms with Gasteiger partial charge in [-0.25, -0.2) is 4.39 Å². The van der Waals surface area contributed by atoms with Crippen molar-refractivity contribution in [1.29, 1.82) is 0 Å². The molecule has 4 aromatic rings. The standard InChI is InChI=1S/C24H21FN4OS2/c1-16(23(30)26-20-10-6-7-11-21(20)31-2)32-24-28-27-22(17-12-14-18(25)15-13-17)29(24)19-8-4-3-5-9-19/h3-16H,1-2H3,(H,26,30). The van der Waals surface area contributed by atoms with Gasteiger partial charge in [0.05, 0.1) is 10.9 Å². The van der Waals surface area contributed by atoms with E-state index in [-0.39, 0.29) is 11.7 Å². The van der Waals surface area contributed by atoms with Crippen molar-refractivity contribution in [3.63, 3.8) is 0 Å². The minimum atomic E-state index is -0.419. The van der Waals surface area contributed by atoms with Crippen molar-refractivity contribution in [2.45, 2.75) is 22.2 Å². The topological polar surface area (TPSA) is 59.8 Å². The Bertz CT molecular complexity index is 1210. The van der Waals surface area contributed by atoms with E-state index in [1.807, 2.05) is 72.3 Å². The van der Waals surface area contributed by atoms with E-state index >= 15 is 0 Å². The lowest BCUT2D eigenvalue weighted by molar-refractivity contribution is -0.115. The number of aromatic nitrogens is 3. The van der Waals surface area contributed by atoms with Crippen molar-refractivity contribution in [3.05, 3.63) is 84.7 Å². The molecule has 0 bridgehead atoms. The fourth-order valence-corrected chi connectivity index (χ4v) is 4.56. The molecular formula is C24H21FN4OS2. The van der Waals surface area contributed by atoms with E-state index in [9.17, 15) is 9.18 Å². The lowest BCUT2D eigenvalue weighted by Gasteiger charge is -2.15. The zero-order valence-electron chi connectivity index (χ0n) is 17.5. The highest BCUT2D eigenvalue weighted by molar-refractivity contribution is 8.00. The summed E-state index contributed by atoms with van der Waals surface area (Å²) in [5.41, 5.74) is 2.38. The van der Waals surface area contributed by atoms with Crippen LogP contribution in [0.3, 0.4) is 0 Å². The predicted octanol–water partition coefficient (Wildman–Crippen LogP) is 5.91. The third-order valence-electron chi connectivity index (χ3n) is 4.77. The van der Waals surface area contributed by atoms with E-state index in [4.69, 9.17) is 0 Å². The Hall–Kier alpha value is -3.10. The summed E-state index contributed by atoms with van der Waals surface area (Å²) in [6.45, 7) is 1.84. The van der Waals surface area contributed by atoms with Crippen molar-refractivity contribution < 1.29 is 9.18 Å². The second-order valence-corrected chi connectivity index (χ2v) is 9.09. The number of thioether (sulfide) groups is 2. The first-order valence-electron chi connectivity index (χ1n) is 9.94. The number of hydrogen-bond acceptors (Lipinski definition) is 5. The van der Waals surface area contributed by atoms with Crippen LogP contribution < -0.4 is 5.32 Å². The minimum Gasteiger partial charge on any atom is -0.324 e. The second kappa shape index (κ2) is 10.0. The Morgan fingerprint density at radius 2 is 1.66 bits per heavy atom. The molecule has 1 amide bonds. The van der Waals surface area contributed by atoms with E-state index in [0.717, 1.165) is 21.8 Å². The lowest BCUT2D eigenvalue weighted by Crippen LogP contribution is -2.23. The first-order valence-corrected chi connectivity index (χ1v) is 12.0. The van der Waals surface area contributed by atoms with Crippen molar-refractivity contribution in [2.75, 3.05) is 11.6 Å². The summed E-state index contributed by atoms with van der Waals surface area (Å²) < 4.78 is 15.3. The van der Waals surface area contributed by atoms with E-state index < -0.39 is 5.25 Å². The van der Waals surface area contributed by atoms with Crippen LogP contribution in [0.4, 0.5) is 10.1 Å². The maximum atomic E-state index is 13.4. The summed E-state index contributed by atoms with van der Waals surface area (Å²) in [6, 6.07) is 23.5. The second-order valence-electron chi connectivity index (χ2n) is 6.93. The highest BCUT2D eigenvalue weighted by Crippen LogP contribution is 2.31. The van der Waals surface area contributed by atoms with Gasteiger partial charge in [0.1, 0.15) is 5.82 Å². The van der Waals surface area contributed by atoms with Gasteiger partial charge in [-0.05, 0) is 61.7 Å². The van der Waals surface area contributed by atoms with Gasteiger partial charge in [-0.15, -0.1) is 22.0 Å². The summed E-state index contributed by atoms with van der Waals surface area (Å²) in [4.78, 5) is 13.9. The molecule has 162 valence electrons. The molecular weight excluding hydrogens is 443 g/mol. The molecule has 0 aliphatic rings. The van der Waals surface area contributed by atoms with Gasteiger partial charge in [0.15, 0.2) is 11.0 Å². The molecule has 1 heterocycles. The molecule has 1 atom stereocenters. The van der Waals surface area contributed by atoms with E-state index in [1.165, 1.54) is 23.9 Å². The third-order valence-corrected chi connectivity index (χ3v) is 6.60. The monoisotopic (exact) mass is 464 g/mol. The summed E-state index contributed by atoms with van der Waals surface area (Å²) in [5.74, 6) is 0.145. The fourth-order valence-electron chi connectivity index (χ4n) is 3.14. The van der Waals surface area contributed by atoms with Crippen molar-refractivity contribution in [3.8, 4) is 17.1 Å². The highest BCUT2D eigenvalue weighted by atomic mass is 32.2. The van der Waals surface area contributed by atoms with Gasteiger partial charge in [0.25, 0.3) is 0 Å². The number of nitrogens with one attached hydrogen (secondary N) is 1. The zero-order chi connectivity index (χ0) is 22.5. The van der Waals surface area contributed by atoms with Crippen LogP contribution >= 0.6 is 23.5 Å². The van der Waals surface area contributed by atoms with Crippen LogP contribution in [0.25, 0.3) is 17.1 Å². The average Bonchev–Trinajstić information content (AvgIpc) is 3.23. The number of rotatable bonds is 7. The molecule has 1 unspecified atom stereocenters. The summed E-state index contributed by atoms with van der Waals surface area (Å²) in [7, 11) is 0. The number of anilines is 1. The molecule has 1 N–H and O–H groups in total. The van der Waals surface area contributed by atoms with E-state index in [1.54, 1.807) is 23.9 Å². The SMILES string of the molecule is CSc1ccccc1NC(=O)C(C)Sc1nnc(-c2ccc(F)cc2)n1-c1ccccc1. The molecule has 4 rings (SSSR count). The number of benzene rings is 3. The largest absolute Gasteiger partial charge is 0.324 e.